The van der Waals surface area contributed by atoms with Gasteiger partial charge in [0, 0.05) is 18.3 Å². The van der Waals surface area contributed by atoms with Gasteiger partial charge in [-0.25, -0.2) is 4.39 Å². The van der Waals surface area contributed by atoms with Gasteiger partial charge in [-0.1, -0.05) is 73.7 Å². The van der Waals surface area contributed by atoms with Gasteiger partial charge in [-0.2, -0.15) is 0 Å². The molecule has 2 amide bonds. The molecule has 1 saturated carbocycles. The van der Waals surface area contributed by atoms with Gasteiger partial charge in [-0.3, -0.25) is 9.59 Å². The van der Waals surface area contributed by atoms with Crippen LogP contribution in [-0.4, -0.2) is 34.6 Å². The molecule has 0 radical (unpaired) electrons. The zero-order chi connectivity index (χ0) is 24.5. The molecule has 1 atom stereocenters. The fourth-order valence-corrected chi connectivity index (χ4v) is 5.46. The lowest BCUT2D eigenvalue weighted by molar-refractivity contribution is -0.139. The summed E-state index contributed by atoms with van der Waals surface area (Å²) in [6.45, 7) is 2.15. The summed E-state index contributed by atoms with van der Waals surface area (Å²) in [5.74, 6) is -0.0548. The number of carbonyl (C=O) groups excluding carboxylic acids is 2. The molecule has 1 aliphatic rings. The van der Waals surface area contributed by atoms with E-state index >= 15 is 0 Å². The molecule has 1 N–H and O–H groups in total. The monoisotopic (exact) mass is 524 g/mol. The van der Waals surface area contributed by atoms with Crippen LogP contribution in [-0.2, 0) is 21.9 Å². The van der Waals surface area contributed by atoms with Crippen LogP contribution in [0.15, 0.2) is 42.5 Å². The van der Waals surface area contributed by atoms with Crippen LogP contribution in [0.5, 0.6) is 0 Å². The van der Waals surface area contributed by atoms with E-state index in [0.717, 1.165) is 31.2 Å². The number of benzene rings is 2. The van der Waals surface area contributed by atoms with Crippen molar-refractivity contribution in [1.82, 2.24) is 10.2 Å². The van der Waals surface area contributed by atoms with Gasteiger partial charge in [0.15, 0.2) is 0 Å². The van der Waals surface area contributed by atoms with Crippen LogP contribution in [0.25, 0.3) is 0 Å². The van der Waals surface area contributed by atoms with Crippen molar-refractivity contribution in [3.63, 3.8) is 0 Å². The number of amides is 2. The zero-order valence-corrected chi connectivity index (χ0v) is 21.7. The second-order valence-corrected chi connectivity index (χ2v) is 10.4. The van der Waals surface area contributed by atoms with E-state index < -0.39 is 6.04 Å². The van der Waals surface area contributed by atoms with Gasteiger partial charge in [-0.05, 0) is 48.6 Å². The third kappa shape index (κ3) is 7.62. The van der Waals surface area contributed by atoms with Crippen LogP contribution < -0.4 is 5.32 Å². The standard InChI is InChI=1S/C26H31Cl2FN2O2S/c1-2-24(26(33)30-20-9-4-3-5-10-20)31(15-18-12-13-21(27)22(28)14-18)25(32)17-34-16-19-8-6-7-11-23(19)29/h6-8,11-14,20,24H,2-5,9-10,15-17H2,1H3,(H,30,33)/t24-/m0/s1. The summed E-state index contributed by atoms with van der Waals surface area (Å²) in [4.78, 5) is 28.2. The fraction of sp³-hybridized carbons (Fsp3) is 0.462. The molecule has 0 bridgehead atoms. The minimum atomic E-state index is -0.599. The lowest BCUT2D eigenvalue weighted by Crippen LogP contribution is -2.52. The van der Waals surface area contributed by atoms with Crippen molar-refractivity contribution in [2.24, 2.45) is 0 Å². The molecule has 0 heterocycles. The Labute approximate surface area is 215 Å². The van der Waals surface area contributed by atoms with E-state index in [1.54, 1.807) is 35.2 Å². The molecule has 0 aromatic heterocycles. The number of hydrogen-bond donors (Lipinski definition) is 1. The van der Waals surface area contributed by atoms with E-state index in [0.29, 0.717) is 27.8 Å². The van der Waals surface area contributed by atoms with Gasteiger partial charge in [0.05, 0.1) is 15.8 Å². The number of halogens is 3. The normalized spacial score (nSPS) is 15.1. The number of carbonyl (C=O) groups is 2. The predicted molar refractivity (Wildman–Crippen MR) is 139 cm³/mol. The highest BCUT2D eigenvalue weighted by atomic mass is 35.5. The van der Waals surface area contributed by atoms with Crippen LogP contribution in [0.1, 0.15) is 56.6 Å². The maximum atomic E-state index is 14.0. The van der Waals surface area contributed by atoms with Crippen LogP contribution in [0, 0.1) is 5.82 Å². The highest BCUT2D eigenvalue weighted by molar-refractivity contribution is 7.99. The first-order valence-corrected chi connectivity index (χ1v) is 13.6. The van der Waals surface area contributed by atoms with Crippen LogP contribution in [0.2, 0.25) is 10.0 Å². The maximum Gasteiger partial charge on any atom is 0.243 e. The summed E-state index contributed by atoms with van der Waals surface area (Å²) >= 11 is 13.6. The summed E-state index contributed by atoms with van der Waals surface area (Å²) in [5, 5.41) is 4.00. The molecule has 2 aromatic rings. The van der Waals surface area contributed by atoms with Crippen molar-refractivity contribution in [3.8, 4) is 0 Å². The molecule has 8 heteroatoms. The van der Waals surface area contributed by atoms with Crippen molar-refractivity contribution in [3.05, 3.63) is 69.5 Å². The van der Waals surface area contributed by atoms with E-state index in [1.807, 2.05) is 13.0 Å². The highest BCUT2D eigenvalue weighted by Crippen LogP contribution is 2.25. The Morgan fingerprint density at radius 1 is 1.12 bits per heavy atom. The maximum absolute atomic E-state index is 14.0. The van der Waals surface area contributed by atoms with Gasteiger partial charge in [0.25, 0.3) is 0 Å². The van der Waals surface area contributed by atoms with E-state index in [-0.39, 0.29) is 36.0 Å². The molecular formula is C26H31Cl2FN2O2S. The summed E-state index contributed by atoms with van der Waals surface area (Å²) in [5.41, 5.74) is 1.35. The van der Waals surface area contributed by atoms with Gasteiger partial charge < -0.3 is 10.2 Å². The molecule has 184 valence electrons. The predicted octanol–water partition coefficient (Wildman–Crippen LogP) is 6.62. The molecule has 2 aromatic carbocycles. The van der Waals surface area contributed by atoms with Gasteiger partial charge in [0.1, 0.15) is 11.9 Å². The molecule has 3 rings (SSSR count). The fourth-order valence-electron chi connectivity index (χ4n) is 4.25. The summed E-state index contributed by atoms with van der Waals surface area (Å²) in [7, 11) is 0. The number of rotatable bonds is 10. The number of nitrogens with one attached hydrogen (secondary N) is 1. The van der Waals surface area contributed by atoms with Crippen molar-refractivity contribution >= 4 is 46.8 Å². The van der Waals surface area contributed by atoms with E-state index in [1.165, 1.54) is 24.2 Å². The van der Waals surface area contributed by atoms with Crippen molar-refractivity contribution in [2.45, 2.75) is 69.8 Å². The van der Waals surface area contributed by atoms with Gasteiger partial charge in [0.2, 0.25) is 11.8 Å². The number of hydrogen-bond acceptors (Lipinski definition) is 3. The van der Waals surface area contributed by atoms with Crippen LogP contribution in [0.4, 0.5) is 4.39 Å². The minimum Gasteiger partial charge on any atom is -0.352 e. The Balaban J connectivity index is 1.73. The molecule has 0 aliphatic heterocycles. The quantitative estimate of drug-likeness (QED) is 0.379. The molecule has 0 spiro atoms. The van der Waals surface area contributed by atoms with Crippen molar-refractivity contribution < 1.29 is 14.0 Å². The largest absolute Gasteiger partial charge is 0.352 e. The average molecular weight is 526 g/mol. The molecule has 1 aliphatic carbocycles. The first-order valence-electron chi connectivity index (χ1n) is 11.7. The summed E-state index contributed by atoms with van der Waals surface area (Å²) in [6.07, 6.45) is 5.86. The third-order valence-electron chi connectivity index (χ3n) is 6.12. The second-order valence-electron chi connectivity index (χ2n) is 8.62. The smallest absolute Gasteiger partial charge is 0.243 e. The molecule has 4 nitrogen and oxygen atoms in total. The second kappa shape index (κ2) is 13.4. The summed E-state index contributed by atoms with van der Waals surface area (Å²) in [6, 6.07) is 11.3. The van der Waals surface area contributed by atoms with Crippen molar-refractivity contribution in [1.29, 1.82) is 0 Å². The molecule has 1 fully saturated rings. The SMILES string of the molecule is CC[C@@H](C(=O)NC1CCCCC1)N(Cc1ccc(Cl)c(Cl)c1)C(=O)CSCc1ccccc1F. The van der Waals surface area contributed by atoms with E-state index in [4.69, 9.17) is 23.2 Å². The molecule has 34 heavy (non-hydrogen) atoms. The van der Waals surface area contributed by atoms with Gasteiger partial charge >= 0.3 is 0 Å². The van der Waals surface area contributed by atoms with Crippen molar-refractivity contribution in [2.75, 3.05) is 5.75 Å². The molecular weight excluding hydrogens is 494 g/mol. The average Bonchev–Trinajstić information content (AvgIpc) is 2.83. The minimum absolute atomic E-state index is 0.123. The van der Waals surface area contributed by atoms with Crippen LogP contribution in [0.3, 0.4) is 0 Å². The highest BCUT2D eigenvalue weighted by Gasteiger charge is 2.30. The topological polar surface area (TPSA) is 49.4 Å². The Kier molecular flexibility index (Phi) is 10.5. The Morgan fingerprint density at radius 3 is 2.53 bits per heavy atom. The lowest BCUT2D eigenvalue weighted by Gasteiger charge is -2.33. The Bertz CT molecular complexity index is 985. The Hall–Kier alpha value is -1.76. The molecule has 0 saturated heterocycles. The first-order chi connectivity index (χ1) is 16.4. The molecule has 0 unspecified atom stereocenters. The van der Waals surface area contributed by atoms with Crippen LogP contribution >= 0.6 is 35.0 Å². The summed E-state index contributed by atoms with van der Waals surface area (Å²) < 4.78 is 14.0. The third-order valence-corrected chi connectivity index (χ3v) is 7.82. The van der Waals surface area contributed by atoms with E-state index in [2.05, 4.69) is 5.32 Å². The Morgan fingerprint density at radius 2 is 1.85 bits per heavy atom. The van der Waals surface area contributed by atoms with Gasteiger partial charge in [-0.15, -0.1) is 11.8 Å². The van der Waals surface area contributed by atoms with E-state index in [9.17, 15) is 14.0 Å². The number of thioether (sulfide) groups is 1. The number of nitrogens with zero attached hydrogens (tertiary/aromatic N) is 1. The zero-order valence-electron chi connectivity index (χ0n) is 19.4. The first kappa shape index (κ1) is 26.8. The lowest BCUT2D eigenvalue weighted by atomic mass is 9.95.